The summed E-state index contributed by atoms with van der Waals surface area (Å²) in [6, 6.07) is 5.12. The van der Waals surface area contributed by atoms with Gasteiger partial charge in [0.05, 0.1) is 12.4 Å². The van der Waals surface area contributed by atoms with E-state index in [4.69, 9.17) is 14.1 Å². The van der Waals surface area contributed by atoms with Gasteiger partial charge in [-0.05, 0) is 44.2 Å². The highest BCUT2D eigenvalue weighted by Crippen LogP contribution is 2.60. The van der Waals surface area contributed by atoms with Crippen molar-refractivity contribution in [3.8, 4) is 0 Å². The molecule has 0 radical (unpaired) electrons. The lowest BCUT2D eigenvalue weighted by Crippen LogP contribution is -2.69. The molecular formula is C20H29N3O2. The van der Waals surface area contributed by atoms with Crippen molar-refractivity contribution in [3.63, 3.8) is 0 Å². The van der Waals surface area contributed by atoms with Gasteiger partial charge in [0.25, 0.3) is 0 Å². The Balaban J connectivity index is 1.28. The minimum Gasteiger partial charge on any atom is -0.469 e. The number of ether oxygens (including phenoxy) is 1. The molecule has 4 aliphatic rings. The Morgan fingerprint density at radius 2 is 2.08 bits per heavy atom. The molecule has 5 nitrogen and oxygen atoms in total. The smallest absolute Gasteiger partial charge is 0.191 e. The highest BCUT2D eigenvalue weighted by molar-refractivity contribution is 5.81. The van der Waals surface area contributed by atoms with Crippen molar-refractivity contribution in [1.29, 1.82) is 0 Å². The Kier molecular flexibility index (Phi) is 4.00. The molecule has 3 unspecified atom stereocenters. The first-order chi connectivity index (χ1) is 12.4. The molecule has 3 atom stereocenters. The van der Waals surface area contributed by atoms with Crippen LogP contribution in [-0.2, 0) is 11.2 Å². The van der Waals surface area contributed by atoms with Crippen molar-refractivity contribution in [2.45, 2.75) is 69.6 Å². The molecule has 136 valence electrons. The Hall–Kier alpha value is -1.49. The van der Waals surface area contributed by atoms with E-state index in [2.05, 4.69) is 10.6 Å². The lowest BCUT2D eigenvalue weighted by Gasteiger charge is -2.57. The van der Waals surface area contributed by atoms with Crippen LogP contribution < -0.4 is 10.6 Å². The van der Waals surface area contributed by atoms with Crippen molar-refractivity contribution in [3.05, 3.63) is 24.2 Å². The third-order valence-electron chi connectivity index (χ3n) is 6.70. The van der Waals surface area contributed by atoms with Crippen LogP contribution in [0.5, 0.6) is 0 Å². The molecule has 4 fully saturated rings. The van der Waals surface area contributed by atoms with E-state index in [1.54, 1.807) is 6.26 Å². The second kappa shape index (κ2) is 6.35. The lowest BCUT2D eigenvalue weighted by atomic mass is 9.54. The second-order valence-electron chi connectivity index (χ2n) is 8.28. The quantitative estimate of drug-likeness (QED) is 0.637. The number of furan rings is 1. The van der Waals surface area contributed by atoms with Crippen LogP contribution in [-0.4, -0.2) is 37.3 Å². The Labute approximate surface area is 149 Å². The van der Waals surface area contributed by atoms with Crippen molar-refractivity contribution in [2.75, 3.05) is 13.2 Å². The zero-order valence-corrected chi connectivity index (χ0v) is 14.9. The molecule has 2 heterocycles. The average Bonchev–Trinajstić information content (AvgIpc) is 3.06. The Morgan fingerprint density at radius 1 is 1.20 bits per heavy atom. The summed E-state index contributed by atoms with van der Waals surface area (Å²) in [6.45, 7) is 1.70. The molecule has 1 saturated heterocycles. The maximum Gasteiger partial charge on any atom is 0.191 e. The van der Waals surface area contributed by atoms with E-state index in [1.165, 1.54) is 44.9 Å². The molecule has 0 amide bonds. The third-order valence-corrected chi connectivity index (χ3v) is 6.70. The molecule has 0 bridgehead atoms. The summed E-state index contributed by atoms with van der Waals surface area (Å²) in [6.07, 6.45) is 12.2. The molecule has 5 heteroatoms. The van der Waals surface area contributed by atoms with Crippen LogP contribution in [0.15, 0.2) is 27.8 Å². The van der Waals surface area contributed by atoms with Crippen molar-refractivity contribution < 1.29 is 9.15 Å². The van der Waals surface area contributed by atoms with Gasteiger partial charge in [0, 0.05) is 43.0 Å². The van der Waals surface area contributed by atoms with E-state index in [1.807, 2.05) is 12.1 Å². The molecule has 2 N–H and O–H groups in total. The first-order valence-electron chi connectivity index (χ1n) is 10.1. The monoisotopic (exact) mass is 343 g/mol. The average molecular weight is 343 g/mol. The molecule has 0 aromatic carbocycles. The fraction of sp³-hybridized carbons (Fsp3) is 0.750. The molecule has 3 aliphatic carbocycles. The van der Waals surface area contributed by atoms with Gasteiger partial charge >= 0.3 is 0 Å². The topological polar surface area (TPSA) is 58.8 Å². The van der Waals surface area contributed by atoms with Crippen LogP contribution in [0.4, 0.5) is 0 Å². The zero-order valence-electron chi connectivity index (χ0n) is 14.9. The molecule has 25 heavy (non-hydrogen) atoms. The third kappa shape index (κ3) is 2.86. The van der Waals surface area contributed by atoms with Crippen molar-refractivity contribution >= 4 is 5.96 Å². The molecule has 5 rings (SSSR count). The van der Waals surface area contributed by atoms with Crippen molar-refractivity contribution in [2.24, 2.45) is 16.3 Å². The van der Waals surface area contributed by atoms with Gasteiger partial charge in [-0.1, -0.05) is 12.8 Å². The van der Waals surface area contributed by atoms with E-state index in [0.717, 1.165) is 31.3 Å². The van der Waals surface area contributed by atoms with Gasteiger partial charge in [0.15, 0.2) is 5.96 Å². The number of nitrogens with one attached hydrogen (secondary N) is 2. The maximum absolute atomic E-state index is 6.11. The van der Waals surface area contributed by atoms with Crippen LogP contribution in [0, 0.1) is 11.3 Å². The minimum absolute atomic E-state index is 0.369. The number of aliphatic imine (C=N–C) groups is 1. The number of rotatable bonds is 5. The predicted octanol–water partition coefficient (Wildman–Crippen LogP) is 2.87. The van der Waals surface area contributed by atoms with E-state index < -0.39 is 0 Å². The fourth-order valence-corrected chi connectivity index (χ4v) is 5.34. The zero-order chi connectivity index (χ0) is 16.7. The van der Waals surface area contributed by atoms with Crippen LogP contribution >= 0.6 is 0 Å². The standard InChI is InChI=1S/C20H29N3O2/c1-2-10-20(9-1)17(16-8-13-25-18(16)20)23-19(22-14-5-6-14)21-11-7-15-4-3-12-24-15/h3-4,12,14,16-18H,1-2,5-11,13H2,(H2,21,22,23). The molecular weight excluding hydrogens is 314 g/mol. The summed E-state index contributed by atoms with van der Waals surface area (Å²) in [7, 11) is 0. The van der Waals surface area contributed by atoms with Gasteiger partial charge in [-0.15, -0.1) is 0 Å². The molecule has 1 spiro atoms. The van der Waals surface area contributed by atoms with E-state index in [0.29, 0.717) is 29.5 Å². The molecule has 3 saturated carbocycles. The number of hydrogen-bond acceptors (Lipinski definition) is 3. The van der Waals surface area contributed by atoms with Crippen LogP contribution in [0.2, 0.25) is 0 Å². The molecule has 1 aromatic heterocycles. The summed E-state index contributed by atoms with van der Waals surface area (Å²) in [4.78, 5) is 4.86. The maximum atomic E-state index is 6.11. The van der Waals surface area contributed by atoms with Gasteiger partial charge in [0.1, 0.15) is 5.76 Å². The second-order valence-corrected chi connectivity index (χ2v) is 8.28. The highest BCUT2D eigenvalue weighted by Gasteiger charge is 2.65. The number of fused-ring (bicyclic) bond motifs is 2. The van der Waals surface area contributed by atoms with Crippen molar-refractivity contribution in [1.82, 2.24) is 10.6 Å². The molecule has 1 aliphatic heterocycles. The van der Waals surface area contributed by atoms with Gasteiger partial charge in [-0.25, -0.2) is 0 Å². The van der Waals surface area contributed by atoms with Gasteiger partial charge in [-0.3, -0.25) is 4.99 Å². The fourth-order valence-electron chi connectivity index (χ4n) is 5.34. The lowest BCUT2D eigenvalue weighted by molar-refractivity contribution is -0.125. The summed E-state index contributed by atoms with van der Waals surface area (Å²) < 4.78 is 11.5. The first kappa shape index (κ1) is 15.7. The number of nitrogens with zero attached hydrogens (tertiary/aromatic N) is 1. The van der Waals surface area contributed by atoms with Crippen LogP contribution in [0.1, 0.15) is 50.7 Å². The number of hydrogen-bond donors (Lipinski definition) is 2. The van der Waals surface area contributed by atoms with E-state index in [-0.39, 0.29) is 0 Å². The minimum atomic E-state index is 0.369. The van der Waals surface area contributed by atoms with Crippen LogP contribution in [0.3, 0.4) is 0 Å². The van der Waals surface area contributed by atoms with E-state index in [9.17, 15) is 0 Å². The first-order valence-corrected chi connectivity index (χ1v) is 10.1. The van der Waals surface area contributed by atoms with Gasteiger partial charge in [-0.2, -0.15) is 0 Å². The van der Waals surface area contributed by atoms with Gasteiger partial charge in [0.2, 0.25) is 0 Å². The van der Waals surface area contributed by atoms with E-state index >= 15 is 0 Å². The highest BCUT2D eigenvalue weighted by atomic mass is 16.5. The summed E-state index contributed by atoms with van der Waals surface area (Å²) >= 11 is 0. The van der Waals surface area contributed by atoms with Crippen LogP contribution in [0.25, 0.3) is 0 Å². The normalized spacial score (nSPS) is 33.3. The molecule has 1 aromatic rings. The summed E-state index contributed by atoms with van der Waals surface area (Å²) in [5, 5.41) is 7.46. The largest absolute Gasteiger partial charge is 0.469 e. The summed E-state index contributed by atoms with van der Waals surface area (Å²) in [5.74, 6) is 2.69. The predicted molar refractivity (Wildman–Crippen MR) is 96.5 cm³/mol. The Morgan fingerprint density at radius 3 is 2.84 bits per heavy atom. The van der Waals surface area contributed by atoms with Gasteiger partial charge < -0.3 is 19.8 Å². The SMILES string of the molecule is c1coc(CCN=C(NC2CC2)NC2C3CCOC3C23CCCC3)c1. The summed E-state index contributed by atoms with van der Waals surface area (Å²) in [5.41, 5.74) is 0.369. The number of guanidine groups is 1. The Bertz CT molecular complexity index is 617.